The Bertz CT molecular complexity index is 936. The SMILES string of the molecule is O=C(C[C@H]1Sc2ccc(C(F)(F)F)cc2NC1=O)Nc1ccccc1OC(F)F. The minimum Gasteiger partial charge on any atom is -0.433 e. The van der Waals surface area contributed by atoms with Crippen LogP contribution in [0, 0.1) is 0 Å². The van der Waals surface area contributed by atoms with Crippen molar-refractivity contribution in [1.82, 2.24) is 0 Å². The number of carbonyl (C=O) groups excluding carboxylic acids is 2. The summed E-state index contributed by atoms with van der Waals surface area (Å²) in [7, 11) is 0. The number of carbonyl (C=O) groups is 2. The van der Waals surface area contributed by atoms with E-state index >= 15 is 0 Å². The van der Waals surface area contributed by atoms with Gasteiger partial charge < -0.3 is 15.4 Å². The van der Waals surface area contributed by atoms with Crippen molar-refractivity contribution in [2.75, 3.05) is 10.6 Å². The molecule has 0 radical (unpaired) electrons. The van der Waals surface area contributed by atoms with Crippen molar-refractivity contribution in [3.05, 3.63) is 48.0 Å². The lowest BCUT2D eigenvalue weighted by Gasteiger charge is -2.24. The summed E-state index contributed by atoms with van der Waals surface area (Å²) >= 11 is 0.947. The maximum Gasteiger partial charge on any atom is 0.416 e. The first-order valence-electron chi connectivity index (χ1n) is 8.16. The lowest BCUT2D eigenvalue weighted by molar-refractivity contribution is -0.137. The third-order valence-electron chi connectivity index (χ3n) is 3.87. The molecule has 1 atom stereocenters. The van der Waals surface area contributed by atoms with E-state index in [1.807, 2.05) is 0 Å². The van der Waals surface area contributed by atoms with Crippen molar-refractivity contribution in [1.29, 1.82) is 0 Å². The molecule has 2 aromatic rings. The molecule has 1 aliphatic heterocycles. The predicted octanol–water partition coefficient (Wildman–Crippen LogP) is 4.75. The third-order valence-corrected chi connectivity index (χ3v) is 5.15. The molecule has 2 N–H and O–H groups in total. The molecule has 0 saturated heterocycles. The summed E-state index contributed by atoms with van der Waals surface area (Å²) in [5.74, 6) is -1.51. The first-order valence-corrected chi connectivity index (χ1v) is 9.04. The first-order chi connectivity index (χ1) is 13.6. The van der Waals surface area contributed by atoms with Gasteiger partial charge in [0.15, 0.2) is 0 Å². The Labute approximate surface area is 165 Å². The molecule has 2 amide bonds. The van der Waals surface area contributed by atoms with Crippen LogP contribution in [0.3, 0.4) is 0 Å². The van der Waals surface area contributed by atoms with Crippen LogP contribution in [0.15, 0.2) is 47.4 Å². The summed E-state index contributed by atoms with van der Waals surface area (Å²) in [5.41, 5.74) is -0.875. The molecule has 0 bridgehead atoms. The molecular weight excluding hydrogens is 419 g/mol. The molecular formula is C18H13F5N2O3S. The third kappa shape index (κ3) is 5.17. The zero-order valence-electron chi connectivity index (χ0n) is 14.4. The van der Waals surface area contributed by atoms with Gasteiger partial charge in [0, 0.05) is 11.3 Å². The maximum atomic E-state index is 12.8. The largest absolute Gasteiger partial charge is 0.433 e. The lowest BCUT2D eigenvalue weighted by Crippen LogP contribution is -2.32. The molecule has 0 spiro atoms. The molecule has 0 aliphatic carbocycles. The van der Waals surface area contributed by atoms with Crippen LogP contribution in [0.5, 0.6) is 5.75 Å². The first kappa shape index (κ1) is 20.9. The van der Waals surface area contributed by atoms with Gasteiger partial charge in [0.05, 0.1) is 22.2 Å². The van der Waals surface area contributed by atoms with E-state index in [9.17, 15) is 31.5 Å². The second-order valence-corrected chi connectivity index (χ2v) is 7.18. The summed E-state index contributed by atoms with van der Waals surface area (Å²) in [4.78, 5) is 24.9. The number of anilines is 2. The predicted molar refractivity (Wildman–Crippen MR) is 96.0 cm³/mol. The molecule has 1 heterocycles. The van der Waals surface area contributed by atoms with E-state index in [1.54, 1.807) is 0 Å². The molecule has 0 aromatic heterocycles. The van der Waals surface area contributed by atoms with E-state index in [-0.39, 0.29) is 23.5 Å². The number of thioether (sulfide) groups is 1. The fourth-order valence-electron chi connectivity index (χ4n) is 2.60. The zero-order valence-corrected chi connectivity index (χ0v) is 15.2. The minimum absolute atomic E-state index is 0.00855. The summed E-state index contributed by atoms with van der Waals surface area (Å²) < 4.78 is 67.6. The number of fused-ring (bicyclic) bond motifs is 1. The highest BCUT2D eigenvalue weighted by Gasteiger charge is 2.34. The van der Waals surface area contributed by atoms with Gasteiger partial charge in [0.25, 0.3) is 0 Å². The monoisotopic (exact) mass is 432 g/mol. The van der Waals surface area contributed by atoms with Crippen molar-refractivity contribution in [2.24, 2.45) is 0 Å². The Hall–Kier alpha value is -2.82. The molecule has 11 heteroatoms. The van der Waals surface area contributed by atoms with Crippen LogP contribution in [0.25, 0.3) is 0 Å². The second-order valence-electron chi connectivity index (χ2n) is 5.93. The van der Waals surface area contributed by atoms with Crippen molar-refractivity contribution >= 4 is 35.0 Å². The number of alkyl halides is 5. The van der Waals surface area contributed by atoms with E-state index in [4.69, 9.17) is 0 Å². The van der Waals surface area contributed by atoms with Crippen LogP contribution < -0.4 is 15.4 Å². The second kappa shape index (κ2) is 8.27. The molecule has 0 fully saturated rings. The maximum absolute atomic E-state index is 12.8. The average Bonchev–Trinajstić information content (AvgIpc) is 2.62. The molecule has 29 heavy (non-hydrogen) atoms. The molecule has 0 unspecified atom stereocenters. The summed E-state index contributed by atoms with van der Waals surface area (Å²) in [6, 6.07) is 8.50. The summed E-state index contributed by atoms with van der Waals surface area (Å²) in [6.07, 6.45) is -4.87. The highest BCUT2D eigenvalue weighted by molar-refractivity contribution is 8.01. The Morgan fingerprint density at radius 3 is 2.62 bits per heavy atom. The smallest absolute Gasteiger partial charge is 0.416 e. The Balaban J connectivity index is 1.69. The Morgan fingerprint density at radius 2 is 1.93 bits per heavy atom. The molecule has 5 nitrogen and oxygen atoms in total. The molecule has 3 rings (SSSR count). The van der Waals surface area contributed by atoms with E-state index in [1.165, 1.54) is 30.3 Å². The average molecular weight is 432 g/mol. The van der Waals surface area contributed by atoms with Gasteiger partial charge in [-0.3, -0.25) is 9.59 Å². The zero-order chi connectivity index (χ0) is 21.2. The van der Waals surface area contributed by atoms with Crippen LogP contribution in [0.4, 0.5) is 33.3 Å². The normalized spacial score (nSPS) is 16.2. The molecule has 2 aromatic carbocycles. The summed E-state index contributed by atoms with van der Waals surface area (Å²) in [5, 5.41) is 3.86. The van der Waals surface area contributed by atoms with E-state index < -0.39 is 35.4 Å². The number of benzene rings is 2. The Morgan fingerprint density at radius 1 is 1.21 bits per heavy atom. The molecule has 1 aliphatic rings. The molecule has 0 saturated carbocycles. The van der Waals surface area contributed by atoms with Gasteiger partial charge in [0.2, 0.25) is 11.8 Å². The molecule has 154 valence electrons. The number of amides is 2. The number of para-hydroxylation sites is 2. The van der Waals surface area contributed by atoms with Crippen molar-refractivity contribution < 1.29 is 36.3 Å². The van der Waals surface area contributed by atoms with Crippen LogP contribution >= 0.6 is 11.8 Å². The quantitative estimate of drug-likeness (QED) is 0.670. The lowest BCUT2D eigenvalue weighted by atomic mass is 10.1. The minimum atomic E-state index is -4.55. The highest BCUT2D eigenvalue weighted by Crippen LogP contribution is 2.40. The fourth-order valence-corrected chi connectivity index (χ4v) is 3.69. The van der Waals surface area contributed by atoms with Crippen molar-refractivity contribution in [3.8, 4) is 5.75 Å². The van der Waals surface area contributed by atoms with Gasteiger partial charge in [-0.25, -0.2) is 0 Å². The van der Waals surface area contributed by atoms with E-state index in [0.29, 0.717) is 4.90 Å². The van der Waals surface area contributed by atoms with E-state index in [2.05, 4.69) is 15.4 Å². The number of hydrogen-bond donors (Lipinski definition) is 2. The van der Waals surface area contributed by atoms with Crippen LogP contribution in [0.2, 0.25) is 0 Å². The van der Waals surface area contributed by atoms with Crippen molar-refractivity contribution in [2.45, 2.75) is 29.4 Å². The van der Waals surface area contributed by atoms with E-state index in [0.717, 1.165) is 23.9 Å². The van der Waals surface area contributed by atoms with Gasteiger partial charge in [-0.1, -0.05) is 12.1 Å². The topological polar surface area (TPSA) is 67.4 Å². The van der Waals surface area contributed by atoms with Crippen LogP contribution in [0.1, 0.15) is 12.0 Å². The van der Waals surface area contributed by atoms with Gasteiger partial charge in [-0.15, -0.1) is 11.8 Å². The number of nitrogens with one attached hydrogen (secondary N) is 2. The number of ether oxygens (including phenoxy) is 1. The van der Waals surface area contributed by atoms with Gasteiger partial charge >= 0.3 is 12.8 Å². The van der Waals surface area contributed by atoms with Gasteiger partial charge in [0.1, 0.15) is 5.75 Å². The van der Waals surface area contributed by atoms with Gasteiger partial charge in [-0.05, 0) is 30.3 Å². The van der Waals surface area contributed by atoms with Crippen LogP contribution in [-0.2, 0) is 15.8 Å². The fraction of sp³-hybridized carbons (Fsp3) is 0.222. The van der Waals surface area contributed by atoms with Crippen molar-refractivity contribution in [3.63, 3.8) is 0 Å². The van der Waals surface area contributed by atoms with Gasteiger partial charge in [-0.2, -0.15) is 22.0 Å². The number of hydrogen-bond acceptors (Lipinski definition) is 4. The summed E-state index contributed by atoms with van der Waals surface area (Å²) in [6.45, 7) is -3.08. The van der Waals surface area contributed by atoms with Crippen LogP contribution in [-0.4, -0.2) is 23.7 Å². The highest BCUT2D eigenvalue weighted by atomic mass is 32.2. The number of halogens is 5. The Kier molecular flexibility index (Phi) is 5.96. The standard InChI is InChI=1S/C18H13F5N2O3S/c19-17(20)28-12-4-2-1-3-10(12)24-15(26)8-14-16(27)25-11-7-9(18(21,22)23)5-6-13(11)29-14/h1-7,14,17H,8H2,(H,24,26)(H,25,27)/t14-/m1/s1. The number of rotatable bonds is 5.